The lowest BCUT2D eigenvalue weighted by Crippen LogP contribution is -2.16. The maximum Gasteiger partial charge on any atom is 0.271 e. The summed E-state index contributed by atoms with van der Waals surface area (Å²) in [5, 5.41) is 13.6. The highest BCUT2D eigenvalue weighted by Crippen LogP contribution is 2.25. The molecule has 154 valence electrons. The van der Waals surface area contributed by atoms with E-state index < -0.39 is 20.9 Å². The standard InChI is InChI=1S/C21H19N3O5S/c1-14-9-11-17(24(26)27)13-19(14)22-21(25)16-10-8-15(2)20(12-16)23-30(28,29)18-6-4-3-5-7-18/h3-13,23H,1-2H3,(H,22,25). The molecule has 0 heterocycles. The Kier molecular flexibility index (Phi) is 5.84. The summed E-state index contributed by atoms with van der Waals surface area (Å²) < 4.78 is 27.7. The van der Waals surface area contributed by atoms with Crippen molar-refractivity contribution in [1.82, 2.24) is 0 Å². The van der Waals surface area contributed by atoms with Gasteiger partial charge in [0.2, 0.25) is 0 Å². The Bertz CT molecular complexity index is 1220. The smallest absolute Gasteiger partial charge is 0.271 e. The number of nitro benzene ring substituents is 1. The Morgan fingerprint density at radius 1 is 0.900 bits per heavy atom. The minimum Gasteiger partial charge on any atom is -0.321 e. The van der Waals surface area contributed by atoms with E-state index in [1.165, 1.54) is 30.3 Å². The second kappa shape index (κ2) is 8.34. The van der Waals surface area contributed by atoms with Crippen LogP contribution in [0.4, 0.5) is 17.1 Å². The molecule has 0 aliphatic rings. The number of aryl methyl sites for hydroxylation is 2. The van der Waals surface area contributed by atoms with Gasteiger partial charge in [0.05, 0.1) is 21.2 Å². The van der Waals surface area contributed by atoms with Crippen LogP contribution >= 0.6 is 0 Å². The van der Waals surface area contributed by atoms with Gasteiger partial charge in [0.1, 0.15) is 0 Å². The predicted molar refractivity (Wildman–Crippen MR) is 114 cm³/mol. The van der Waals surface area contributed by atoms with E-state index in [1.807, 2.05) is 0 Å². The van der Waals surface area contributed by atoms with Crippen LogP contribution in [0.15, 0.2) is 71.6 Å². The number of amides is 1. The predicted octanol–water partition coefficient (Wildman–Crippen LogP) is 4.26. The molecule has 0 aliphatic heterocycles. The van der Waals surface area contributed by atoms with E-state index in [2.05, 4.69) is 10.0 Å². The molecule has 3 aromatic carbocycles. The quantitative estimate of drug-likeness (QED) is 0.452. The number of non-ortho nitro benzene ring substituents is 1. The number of carbonyl (C=O) groups is 1. The first kappa shape index (κ1) is 21.0. The van der Waals surface area contributed by atoms with Crippen molar-refractivity contribution in [3.05, 3.63) is 93.5 Å². The van der Waals surface area contributed by atoms with E-state index in [-0.39, 0.29) is 21.8 Å². The second-order valence-corrected chi connectivity index (χ2v) is 8.34. The van der Waals surface area contributed by atoms with Crippen molar-refractivity contribution in [2.45, 2.75) is 18.7 Å². The van der Waals surface area contributed by atoms with Crippen molar-refractivity contribution >= 4 is 33.0 Å². The summed E-state index contributed by atoms with van der Waals surface area (Å²) in [6.07, 6.45) is 0. The minimum absolute atomic E-state index is 0.103. The molecule has 0 aromatic heterocycles. The fraction of sp³-hybridized carbons (Fsp3) is 0.0952. The molecule has 3 rings (SSSR count). The number of hydrogen-bond acceptors (Lipinski definition) is 5. The van der Waals surface area contributed by atoms with Gasteiger partial charge in [0.15, 0.2) is 0 Å². The second-order valence-electron chi connectivity index (χ2n) is 6.66. The van der Waals surface area contributed by atoms with Crippen molar-refractivity contribution in [1.29, 1.82) is 0 Å². The third-order valence-electron chi connectivity index (χ3n) is 4.48. The average molecular weight is 425 g/mol. The lowest BCUT2D eigenvalue weighted by molar-refractivity contribution is -0.384. The van der Waals surface area contributed by atoms with Crippen LogP contribution in [0.1, 0.15) is 21.5 Å². The molecule has 0 bridgehead atoms. The fourth-order valence-corrected chi connectivity index (χ4v) is 3.87. The monoisotopic (exact) mass is 425 g/mol. The first-order valence-corrected chi connectivity index (χ1v) is 10.4. The van der Waals surface area contributed by atoms with E-state index in [0.29, 0.717) is 16.8 Å². The highest BCUT2D eigenvalue weighted by Gasteiger charge is 2.17. The molecule has 0 unspecified atom stereocenters. The molecule has 1 amide bonds. The molecule has 9 heteroatoms. The van der Waals surface area contributed by atoms with E-state index in [1.54, 1.807) is 50.2 Å². The van der Waals surface area contributed by atoms with Crippen LogP contribution in [-0.2, 0) is 10.0 Å². The number of nitrogens with zero attached hydrogens (tertiary/aromatic N) is 1. The van der Waals surface area contributed by atoms with E-state index in [4.69, 9.17) is 0 Å². The number of nitro groups is 1. The van der Waals surface area contributed by atoms with Crippen molar-refractivity contribution in [2.75, 3.05) is 10.0 Å². The topological polar surface area (TPSA) is 118 Å². The molecule has 0 atom stereocenters. The van der Waals surface area contributed by atoms with Gasteiger partial charge in [-0.25, -0.2) is 8.42 Å². The van der Waals surface area contributed by atoms with Crippen LogP contribution in [0, 0.1) is 24.0 Å². The highest BCUT2D eigenvalue weighted by atomic mass is 32.2. The Labute approximate surface area is 173 Å². The zero-order valence-electron chi connectivity index (χ0n) is 16.2. The van der Waals surface area contributed by atoms with Gasteiger partial charge in [-0.1, -0.05) is 30.3 Å². The van der Waals surface area contributed by atoms with Gasteiger partial charge in [-0.2, -0.15) is 0 Å². The number of sulfonamides is 1. The molecule has 0 aliphatic carbocycles. The normalized spacial score (nSPS) is 11.0. The van der Waals surface area contributed by atoms with Crippen molar-refractivity contribution in [3.63, 3.8) is 0 Å². The van der Waals surface area contributed by atoms with Crippen LogP contribution in [0.25, 0.3) is 0 Å². The fourth-order valence-electron chi connectivity index (χ4n) is 2.73. The number of nitrogens with one attached hydrogen (secondary N) is 2. The van der Waals surface area contributed by atoms with Crippen LogP contribution in [0.3, 0.4) is 0 Å². The van der Waals surface area contributed by atoms with E-state index in [9.17, 15) is 23.3 Å². The first-order valence-electron chi connectivity index (χ1n) is 8.92. The average Bonchev–Trinajstić information content (AvgIpc) is 2.71. The summed E-state index contributed by atoms with van der Waals surface area (Å²) in [6.45, 7) is 3.43. The number of carbonyl (C=O) groups excluding carboxylic acids is 1. The number of benzene rings is 3. The largest absolute Gasteiger partial charge is 0.321 e. The molecular formula is C21H19N3O5S. The number of hydrogen-bond donors (Lipinski definition) is 2. The van der Waals surface area contributed by atoms with Gasteiger partial charge in [-0.15, -0.1) is 0 Å². The third kappa shape index (κ3) is 4.64. The van der Waals surface area contributed by atoms with Crippen molar-refractivity contribution < 1.29 is 18.1 Å². The summed E-state index contributed by atoms with van der Waals surface area (Å²) in [5.74, 6) is -0.515. The van der Waals surface area contributed by atoms with Gasteiger partial charge in [0, 0.05) is 17.7 Å². The summed E-state index contributed by atoms with van der Waals surface area (Å²) in [5.41, 5.74) is 1.93. The van der Waals surface area contributed by atoms with Gasteiger partial charge in [-0.3, -0.25) is 19.6 Å². The molecule has 0 fully saturated rings. The molecule has 30 heavy (non-hydrogen) atoms. The van der Waals surface area contributed by atoms with Gasteiger partial charge >= 0.3 is 0 Å². The molecule has 0 radical (unpaired) electrons. The summed E-state index contributed by atoms with van der Waals surface area (Å²) in [4.78, 5) is 23.2. The SMILES string of the molecule is Cc1ccc([N+](=O)[O-])cc1NC(=O)c1ccc(C)c(NS(=O)(=O)c2ccccc2)c1. The Hall–Kier alpha value is -3.72. The molecule has 2 N–H and O–H groups in total. The molecular weight excluding hydrogens is 406 g/mol. The van der Waals surface area contributed by atoms with E-state index >= 15 is 0 Å². The van der Waals surface area contributed by atoms with Crippen molar-refractivity contribution in [3.8, 4) is 0 Å². The summed E-state index contributed by atoms with van der Waals surface area (Å²) >= 11 is 0. The van der Waals surface area contributed by atoms with Crippen LogP contribution < -0.4 is 10.0 Å². The Balaban J connectivity index is 1.87. The number of anilines is 2. The molecule has 3 aromatic rings. The highest BCUT2D eigenvalue weighted by molar-refractivity contribution is 7.92. The van der Waals surface area contributed by atoms with Crippen LogP contribution in [0.2, 0.25) is 0 Å². The van der Waals surface area contributed by atoms with Crippen LogP contribution in [-0.4, -0.2) is 19.2 Å². The summed E-state index contributed by atoms with van der Waals surface area (Å²) in [6, 6.07) is 16.7. The first-order chi connectivity index (χ1) is 14.2. The maximum atomic E-state index is 12.7. The lowest BCUT2D eigenvalue weighted by Gasteiger charge is -2.13. The van der Waals surface area contributed by atoms with Gasteiger partial charge < -0.3 is 5.32 Å². The zero-order chi connectivity index (χ0) is 21.9. The van der Waals surface area contributed by atoms with Crippen molar-refractivity contribution in [2.24, 2.45) is 0 Å². The Morgan fingerprint density at radius 2 is 1.53 bits per heavy atom. The van der Waals surface area contributed by atoms with Gasteiger partial charge in [-0.05, 0) is 49.2 Å². The zero-order valence-corrected chi connectivity index (χ0v) is 17.1. The van der Waals surface area contributed by atoms with Gasteiger partial charge in [0.25, 0.3) is 21.6 Å². The molecule has 0 saturated heterocycles. The minimum atomic E-state index is -3.82. The molecule has 0 spiro atoms. The van der Waals surface area contributed by atoms with Crippen LogP contribution in [0.5, 0.6) is 0 Å². The maximum absolute atomic E-state index is 12.7. The summed E-state index contributed by atoms with van der Waals surface area (Å²) in [7, 11) is -3.82. The van der Waals surface area contributed by atoms with E-state index in [0.717, 1.165) is 0 Å². The Morgan fingerprint density at radius 3 is 2.20 bits per heavy atom. The molecule has 0 saturated carbocycles. The lowest BCUT2D eigenvalue weighted by atomic mass is 10.1. The number of rotatable bonds is 6. The molecule has 8 nitrogen and oxygen atoms in total. The third-order valence-corrected chi connectivity index (χ3v) is 5.86.